The predicted octanol–water partition coefficient (Wildman–Crippen LogP) is 1.89. The summed E-state index contributed by atoms with van der Waals surface area (Å²) < 4.78 is 0. The molecule has 2 aromatic rings. The van der Waals surface area contributed by atoms with Crippen LogP contribution in [0.5, 0.6) is 0 Å². The zero-order chi connectivity index (χ0) is 13.2. The van der Waals surface area contributed by atoms with Crippen molar-refractivity contribution < 1.29 is 9.90 Å². The van der Waals surface area contributed by atoms with Crippen molar-refractivity contribution in [2.45, 2.75) is 18.9 Å². The second-order valence-corrected chi connectivity index (χ2v) is 4.98. The third kappa shape index (κ3) is 2.73. The normalized spacial score (nSPS) is 14.4. The number of halogens is 1. The van der Waals surface area contributed by atoms with E-state index in [1.54, 1.807) is 6.20 Å². The Labute approximate surface area is 113 Å². The number of hydrogen-bond acceptors (Lipinski definition) is 4. The molecule has 2 rings (SSSR count). The van der Waals surface area contributed by atoms with Crippen molar-refractivity contribution in [3.8, 4) is 0 Å². The van der Waals surface area contributed by atoms with Crippen LogP contribution in [0.1, 0.15) is 12.5 Å². The molecule has 5 heteroatoms. The summed E-state index contributed by atoms with van der Waals surface area (Å²) >= 11 is 3.13. The first-order valence-electron chi connectivity index (χ1n) is 5.53. The van der Waals surface area contributed by atoms with E-state index in [4.69, 9.17) is 0 Å². The van der Waals surface area contributed by atoms with E-state index in [0.29, 0.717) is 0 Å². The molecule has 0 radical (unpaired) electrons. The Morgan fingerprint density at radius 1 is 1.50 bits per heavy atom. The fourth-order valence-electron chi connectivity index (χ4n) is 1.59. The van der Waals surface area contributed by atoms with Gasteiger partial charge in [-0.3, -0.25) is 4.79 Å². The number of nitrogens with zero attached hydrogens (tertiary/aromatic N) is 2. The van der Waals surface area contributed by atoms with Gasteiger partial charge in [0.15, 0.2) is 5.78 Å². The van der Waals surface area contributed by atoms with Crippen LogP contribution in [0.2, 0.25) is 0 Å². The number of carbonyl (C=O) groups is 1. The maximum Gasteiger partial charge on any atom is 0.169 e. The summed E-state index contributed by atoms with van der Waals surface area (Å²) in [5.41, 5.74) is 0.360. The Morgan fingerprint density at radius 3 is 3.00 bits per heavy atom. The van der Waals surface area contributed by atoms with Crippen molar-refractivity contribution in [1.82, 2.24) is 9.97 Å². The zero-order valence-electron chi connectivity index (χ0n) is 9.93. The summed E-state index contributed by atoms with van der Waals surface area (Å²) in [5, 5.41) is 11.0. The third-order valence-electron chi connectivity index (χ3n) is 2.79. The van der Waals surface area contributed by atoms with Gasteiger partial charge in [-0.2, -0.15) is 0 Å². The van der Waals surface area contributed by atoms with Crippen LogP contribution in [0, 0.1) is 0 Å². The standard InChI is InChI=1S/C13H13BrN2O2/c1-13(18,7-14)12(17)5-9-2-3-11-10(4-9)6-15-8-16-11/h2-4,6,8,18H,5,7H2,1H3/t13-/m0/s1. The van der Waals surface area contributed by atoms with Crippen molar-refractivity contribution in [2.75, 3.05) is 5.33 Å². The average molecular weight is 309 g/mol. The van der Waals surface area contributed by atoms with Crippen LogP contribution in [-0.2, 0) is 11.2 Å². The van der Waals surface area contributed by atoms with Crippen molar-refractivity contribution in [3.05, 3.63) is 36.3 Å². The number of fused-ring (bicyclic) bond motifs is 1. The van der Waals surface area contributed by atoms with E-state index in [0.717, 1.165) is 16.5 Å². The molecule has 0 saturated carbocycles. The Bertz CT molecular complexity index is 584. The predicted molar refractivity (Wildman–Crippen MR) is 72.7 cm³/mol. The molecule has 0 unspecified atom stereocenters. The molecule has 1 aromatic heterocycles. The molecule has 0 aliphatic rings. The lowest BCUT2D eigenvalue weighted by Crippen LogP contribution is -2.38. The van der Waals surface area contributed by atoms with Gasteiger partial charge in [0.2, 0.25) is 0 Å². The number of Topliss-reactive ketones (excluding diaryl/α,β-unsaturated/α-hetero) is 1. The van der Waals surface area contributed by atoms with Gasteiger partial charge < -0.3 is 5.11 Å². The van der Waals surface area contributed by atoms with E-state index >= 15 is 0 Å². The van der Waals surface area contributed by atoms with Gasteiger partial charge >= 0.3 is 0 Å². The molecule has 1 heterocycles. The van der Waals surface area contributed by atoms with Gasteiger partial charge in [0.05, 0.1) is 5.52 Å². The number of hydrogen-bond donors (Lipinski definition) is 1. The molecule has 1 aromatic carbocycles. The number of rotatable bonds is 4. The molecular formula is C13H13BrN2O2. The van der Waals surface area contributed by atoms with Gasteiger partial charge in [-0.05, 0) is 24.6 Å². The summed E-state index contributed by atoms with van der Waals surface area (Å²) in [6, 6.07) is 5.57. The molecule has 0 bridgehead atoms. The Hall–Kier alpha value is -1.33. The molecule has 0 aliphatic carbocycles. The first-order chi connectivity index (χ1) is 8.53. The lowest BCUT2D eigenvalue weighted by Gasteiger charge is -2.18. The van der Waals surface area contributed by atoms with Gasteiger partial charge in [-0.15, -0.1) is 0 Å². The molecule has 18 heavy (non-hydrogen) atoms. The highest BCUT2D eigenvalue weighted by Crippen LogP contribution is 2.16. The second-order valence-electron chi connectivity index (χ2n) is 4.42. The highest BCUT2D eigenvalue weighted by molar-refractivity contribution is 9.09. The number of ketones is 1. The first kappa shape index (κ1) is 13.1. The molecule has 0 fully saturated rings. The zero-order valence-corrected chi connectivity index (χ0v) is 11.5. The van der Waals surface area contributed by atoms with Crippen LogP contribution in [0.25, 0.3) is 10.9 Å². The van der Waals surface area contributed by atoms with Gasteiger partial charge in [0.25, 0.3) is 0 Å². The quantitative estimate of drug-likeness (QED) is 0.876. The molecule has 1 atom stereocenters. The monoisotopic (exact) mass is 308 g/mol. The van der Waals surface area contributed by atoms with E-state index in [-0.39, 0.29) is 17.5 Å². The second kappa shape index (κ2) is 5.12. The maximum atomic E-state index is 11.9. The van der Waals surface area contributed by atoms with E-state index in [9.17, 15) is 9.90 Å². The maximum absolute atomic E-state index is 11.9. The molecular weight excluding hydrogens is 296 g/mol. The highest BCUT2D eigenvalue weighted by Gasteiger charge is 2.28. The Kier molecular flexibility index (Phi) is 3.73. The van der Waals surface area contributed by atoms with Gasteiger partial charge in [0.1, 0.15) is 11.9 Å². The molecule has 4 nitrogen and oxygen atoms in total. The Morgan fingerprint density at radius 2 is 2.28 bits per heavy atom. The number of alkyl halides is 1. The van der Waals surface area contributed by atoms with Gasteiger partial charge in [-0.1, -0.05) is 22.0 Å². The molecule has 94 valence electrons. The molecule has 0 saturated heterocycles. The third-order valence-corrected chi connectivity index (χ3v) is 3.89. The van der Waals surface area contributed by atoms with Gasteiger partial charge in [-0.25, -0.2) is 9.97 Å². The first-order valence-corrected chi connectivity index (χ1v) is 6.65. The van der Waals surface area contributed by atoms with E-state index < -0.39 is 5.60 Å². The molecule has 1 N–H and O–H groups in total. The van der Waals surface area contributed by atoms with E-state index in [1.165, 1.54) is 13.3 Å². The van der Waals surface area contributed by atoms with Crippen molar-refractivity contribution in [3.63, 3.8) is 0 Å². The van der Waals surface area contributed by atoms with Crippen LogP contribution < -0.4 is 0 Å². The van der Waals surface area contributed by atoms with Crippen LogP contribution in [0.4, 0.5) is 0 Å². The minimum absolute atomic E-state index is 0.198. The van der Waals surface area contributed by atoms with Gasteiger partial charge in [0, 0.05) is 23.3 Å². The van der Waals surface area contributed by atoms with Crippen molar-refractivity contribution in [2.24, 2.45) is 0 Å². The molecule has 0 aliphatic heterocycles. The smallest absolute Gasteiger partial charge is 0.169 e. The minimum atomic E-state index is -1.33. The fraction of sp³-hybridized carbons (Fsp3) is 0.308. The summed E-state index contributed by atoms with van der Waals surface area (Å²) in [7, 11) is 0. The van der Waals surface area contributed by atoms with Crippen LogP contribution in [0.15, 0.2) is 30.7 Å². The molecule has 0 amide bonds. The topological polar surface area (TPSA) is 63.1 Å². The Balaban J connectivity index is 2.25. The van der Waals surface area contributed by atoms with Crippen LogP contribution >= 0.6 is 15.9 Å². The summed E-state index contributed by atoms with van der Waals surface area (Å²) in [4.78, 5) is 19.9. The average Bonchev–Trinajstić information content (AvgIpc) is 2.38. The lowest BCUT2D eigenvalue weighted by molar-refractivity contribution is -0.132. The highest BCUT2D eigenvalue weighted by atomic mass is 79.9. The fourth-order valence-corrected chi connectivity index (χ4v) is 1.91. The minimum Gasteiger partial charge on any atom is -0.381 e. The van der Waals surface area contributed by atoms with Crippen LogP contribution in [-0.4, -0.2) is 31.8 Å². The van der Waals surface area contributed by atoms with E-state index in [2.05, 4.69) is 25.9 Å². The van der Waals surface area contributed by atoms with E-state index in [1.807, 2.05) is 18.2 Å². The van der Waals surface area contributed by atoms with Crippen molar-refractivity contribution in [1.29, 1.82) is 0 Å². The lowest BCUT2D eigenvalue weighted by atomic mass is 9.96. The molecule has 0 spiro atoms. The summed E-state index contributed by atoms with van der Waals surface area (Å²) in [5.74, 6) is -0.212. The number of benzene rings is 1. The summed E-state index contributed by atoms with van der Waals surface area (Å²) in [6.45, 7) is 1.51. The number of aliphatic hydroxyl groups is 1. The SMILES string of the molecule is C[C@](O)(CBr)C(=O)Cc1ccc2ncncc2c1. The number of aromatic nitrogens is 2. The number of carbonyl (C=O) groups excluding carboxylic acids is 1. The van der Waals surface area contributed by atoms with Crippen LogP contribution in [0.3, 0.4) is 0 Å². The largest absolute Gasteiger partial charge is 0.381 e. The summed E-state index contributed by atoms with van der Waals surface area (Å²) in [6.07, 6.45) is 3.39. The van der Waals surface area contributed by atoms with Crippen molar-refractivity contribution >= 4 is 32.6 Å².